The first-order valence-corrected chi connectivity index (χ1v) is 12.7. The van der Waals surface area contributed by atoms with E-state index in [-0.39, 0.29) is 0 Å². The van der Waals surface area contributed by atoms with Crippen molar-refractivity contribution in [3.05, 3.63) is 41.0 Å². The van der Waals surface area contributed by atoms with Crippen LogP contribution in [0.1, 0.15) is 12.8 Å². The van der Waals surface area contributed by atoms with Crippen molar-refractivity contribution in [2.75, 3.05) is 44.2 Å². The molecule has 4 heterocycles. The van der Waals surface area contributed by atoms with Gasteiger partial charge >= 0.3 is 0 Å². The van der Waals surface area contributed by atoms with Crippen LogP contribution in [0.2, 0.25) is 5.02 Å². The van der Waals surface area contributed by atoms with E-state index in [0.29, 0.717) is 44.3 Å². The first-order valence-electron chi connectivity index (χ1n) is 10.0. The van der Waals surface area contributed by atoms with Crippen LogP contribution in [-0.4, -0.2) is 66.3 Å². The molecule has 10 heteroatoms. The number of hydrogen-bond acceptors (Lipinski definition) is 6. The lowest BCUT2D eigenvalue weighted by Gasteiger charge is -2.36. The molecular formula is C20H22ClN5O2S2. The lowest BCUT2D eigenvalue weighted by Crippen LogP contribution is -2.52. The van der Waals surface area contributed by atoms with Crippen molar-refractivity contribution >= 4 is 49.2 Å². The summed E-state index contributed by atoms with van der Waals surface area (Å²) in [5.41, 5.74) is 2.14. The Kier molecular flexibility index (Phi) is 5.40. The molecule has 0 saturated carbocycles. The first-order chi connectivity index (χ1) is 14.5. The number of anilines is 1. The molecule has 0 amide bonds. The van der Waals surface area contributed by atoms with E-state index in [1.807, 2.05) is 24.3 Å². The zero-order chi connectivity index (χ0) is 20.7. The topological polar surface area (TPSA) is 69.6 Å². The van der Waals surface area contributed by atoms with Gasteiger partial charge in [0.2, 0.25) is 0 Å². The molecule has 1 aromatic carbocycles. The minimum absolute atomic E-state index is 0.463. The number of benzene rings is 1. The molecule has 30 heavy (non-hydrogen) atoms. The number of thiophene rings is 1. The van der Waals surface area contributed by atoms with Gasteiger partial charge in [0.15, 0.2) is 0 Å². The summed E-state index contributed by atoms with van der Waals surface area (Å²) in [6, 6.07) is 7.76. The monoisotopic (exact) mass is 463 g/mol. The molecule has 0 bridgehead atoms. The van der Waals surface area contributed by atoms with Crippen molar-refractivity contribution in [2.24, 2.45) is 0 Å². The van der Waals surface area contributed by atoms with Crippen molar-refractivity contribution in [3.63, 3.8) is 0 Å². The second-order valence-electron chi connectivity index (χ2n) is 7.53. The molecule has 0 spiro atoms. The van der Waals surface area contributed by atoms with Gasteiger partial charge in [0.25, 0.3) is 10.2 Å². The van der Waals surface area contributed by atoms with E-state index in [0.717, 1.165) is 40.0 Å². The second kappa shape index (κ2) is 8.05. The third-order valence-corrected chi connectivity index (χ3v) is 8.94. The Hall–Kier alpha value is -1.78. The fourth-order valence-corrected chi connectivity index (χ4v) is 6.86. The summed E-state index contributed by atoms with van der Waals surface area (Å²) in [5, 5.41) is 3.81. The number of piperazine rings is 1. The third-order valence-electron chi connectivity index (χ3n) is 5.76. The molecule has 2 aromatic heterocycles. The van der Waals surface area contributed by atoms with Crippen LogP contribution in [0, 0.1) is 0 Å². The average Bonchev–Trinajstić information content (AvgIpc) is 3.45. The standard InChI is InChI=1S/C20H22ClN5O2S2/c21-16-5-3-15(4-6-16)17-13-29-20-18(17)19(22-14-23-20)24-9-11-26(12-10-24)30(27,28)25-7-1-2-8-25/h3-6,13-14H,1-2,7-12H2. The number of halogens is 1. The summed E-state index contributed by atoms with van der Waals surface area (Å²) in [5.74, 6) is 0.865. The van der Waals surface area contributed by atoms with Gasteiger partial charge in [-0.05, 0) is 30.5 Å². The molecule has 0 unspecified atom stereocenters. The maximum Gasteiger partial charge on any atom is 0.282 e. The Morgan fingerprint density at radius 2 is 1.57 bits per heavy atom. The van der Waals surface area contributed by atoms with Gasteiger partial charge in [-0.25, -0.2) is 9.97 Å². The summed E-state index contributed by atoms with van der Waals surface area (Å²) in [7, 11) is -3.36. The van der Waals surface area contributed by atoms with Gasteiger partial charge in [-0.2, -0.15) is 17.0 Å². The van der Waals surface area contributed by atoms with Crippen LogP contribution in [0.25, 0.3) is 21.3 Å². The first kappa shape index (κ1) is 20.1. The van der Waals surface area contributed by atoms with Crippen molar-refractivity contribution in [2.45, 2.75) is 12.8 Å². The minimum atomic E-state index is -3.36. The Balaban J connectivity index is 1.42. The van der Waals surface area contributed by atoms with Crippen LogP contribution < -0.4 is 4.90 Å². The van der Waals surface area contributed by atoms with E-state index >= 15 is 0 Å². The Labute approximate surface area is 185 Å². The van der Waals surface area contributed by atoms with Gasteiger partial charge in [-0.3, -0.25) is 0 Å². The number of rotatable bonds is 4. The SMILES string of the molecule is O=S(=O)(N1CCCC1)N1CCN(c2ncnc3scc(-c4ccc(Cl)cc4)c23)CC1. The maximum absolute atomic E-state index is 12.9. The molecule has 0 aliphatic carbocycles. The molecule has 2 aliphatic heterocycles. The number of nitrogens with zero attached hydrogens (tertiary/aromatic N) is 5. The summed E-state index contributed by atoms with van der Waals surface area (Å²) in [6.07, 6.45) is 3.49. The highest BCUT2D eigenvalue weighted by molar-refractivity contribution is 7.86. The predicted octanol–water partition coefficient (Wildman–Crippen LogP) is 3.47. The molecule has 2 aliphatic rings. The molecule has 5 rings (SSSR count). The van der Waals surface area contributed by atoms with Crippen LogP contribution in [0.4, 0.5) is 5.82 Å². The minimum Gasteiger partial charge on any atom is -0.353 e. The maximum atomic E-state index is 12.9. The molecule has 0 radical (unpaired) electrons. The zero-order valence-electron chi connectivity index (χ0n) is 16.4. The van der Waals surface area contributed by atoms with Crippen molar-refractivity contribution in [1.29, 1.82) is 0 Å². The van der Waals surface area contributed by atoms with Gasteiger partial charge in [-0.1, -0.05) is 23.7 Å². The van der Waals surface area contributed by atoms with E-state index in [9.17, 15) is 8.42 Å². The van der Waals surface area contributed by atoms with E-state index in [1.54, 1.807) is 26.3 Å². The van der Waals surface area contributed by atoms with E-state index in [4.69, 9.17) is 11.6 Å². The Morgan fingerprint density at radius 1 is 0.900 bits per heavy atom. The quantitative estimate of drug-likeness (QED) is 0.592. The third kappa shape index (κ3) is 3.58. The van der Waals surface area contributed by atoms with Crippen molar-refractivity contribution in [1.82, 2.24) is 18.6 Å². The van der Waals surface area contributed by atoms with Crippen LogP contribution >= 0.6 is 22.9 Å². The highest BCUT2D eigenvalue weighted by atomic mass is 35.5. The predicted molar refractivity (Wildman–Crippen MR) is 121 cm³/mol. The smallest absolute Gasteiger partial charge is 0.282 e. The van der Waals surface area contributed by atoms with Gasteiger partial charge < -0.3 is 4.90 Å². The van der Waals surface area contributed by atoms with E-state index in [1.165, 1.54) is 0 Å². The molecule has 3 aromatic rings. The summed E-state index contributed by atoms with van der Waals surface area (Å²) < 4.78 is 29.0. The van der Waals surface area contributed by atoms with Gasteiger partial charge in [-0.15, -0.1) is 11.3 Å². The van der Waals surface area contributed by atoms with Crippen LogP contribution in [0.15, 0.2) is 36.0 Å². The molecule has 158 valence electrons. The second-order valence-corrected chi connectivity index (χ2v) is 10.8. The number of fused-ring (bicyclic) bond motifs is 1. The highest BCUT2D eigenvalue weighted by Gasteiger charge is 2.34. The number of hydrogen-bond donors (Lipinski definition) is 0. The van der Waals surface area contributed by atoms with Gasteiger partial charge in [0.1, 0.15) is 17.0 Å². The molecule has 0 N–H and O–H groups in total. The van der Waals surface area contributed by atoms with Gasteiger partial charge in [0, 0.05) is 55.2 Å². The molecule has 2 fully saturated rings. The average molecular weight is 464 g/mol. The zero-order valence-corrected chi connectivity index (χ0v) is 18.8. The molecular weight excluding hydrogens is 442 g/mol. The highest BCUT2D eigenvalue weighted by Crippen LogP contribution is 2.38. The van der Waals surface area contributed by atoms with Crippen molar-refractivity contribution < 1.29 is 8.42 Å². The Bertz CT molecular complexity index is 1150. The Morgan fingerprint density at radius 3 is 2.27 bits per heavy atom. The molecule has 7 nitrogen and oxygen atoms in total. The summed E-state index contributed by atoms with van der Waals surface area (Å²) >= 11 is 7.64. The van der Waals surface area contributed by atoms with Crippen LogP contribution in [-0.2, 0) is 10.2 Å². The fourth-order valence-electron chi connectivity index (χ4n) is 4.15. The molecule has 0 atom stereocenters. The van der Waals surface area contributed by atoms with Crippen LogP contribution in [0.5, 0.6) is 0 Å². The lowest BCUT2D eigenvalue weighted by atomic mass is 10.1. The van der Waals surface area contributed by atoms with Crippen molar-refractivity contribution in [3.8, 4) is 11.1 Å². The summed E-state index contributed by atoms with van der Waals surface area (Å²) in [6.45, 7) is 3.41. The molecule has 2 saturated heterocycles. The summed E-state index contributed by atoms with van der Waals surface area (Å²) in [4.78, 5) is 12.1. The van der Waals surface area contributed by atoms with E-state index in [2.05, 4.69) is 20.2 Å². The lowest BCUT2D eigenvalue weighted by molar-refractivity contribution is 0.343. The van der Waals surface area contributed by atoms with Gasteiger partial charge in [0.05, 0.1) is 5.39 Å². The number of aromatic nitrogens is 2. The van der Waals surface area contributed by atoms with Crippen LogP contribution in [0.3, 0.4) is 0 Å². The largest absolute Gasteiger partial charge is 0.353 e. The van der Waals surface area contributed by atoms with E-state index < -0.39 is 10.2 Å². The fraction of sp³-hybridized carbons (Fsp3) is 0.400. The normalized spacial score (nSPS) is 19.0.